The minimum Gasteiger partial charge on any atom is -0.266 e. The molecule has 96 valence electrons. The number of alkyl halides is 1. The van der Waals surface area contributed by atoms with Crippen molar-refractivity contribution in [3.8, 4) is 0 Å². The molecule has 0 bridgehead atoms. The van der Waals surface area contributed by atoms with Crippen molar-refractivity contribution in [1.82, 2.24) is 0 Å². The number of hydrogen-bond acceptors (Lipinski definition) is 3. The highest BCUT2D eigenvalue weighted by Gasteiger charge is 2.15. The molecule has 1 unspecified atom stereocenters. The van der Waals surface area contributed by atoms with Crippen molar-refractivity contribution < 1.29 is 17.0 Å². The van der Waals surface area contributed by atoms with Crippen molar-refractivity contribution in [2.75, 3.05) is 13.3 Å². The highest BCUT2D eigenvalue weighted by molar-refractivity contribution is 7.86. The quantitative estimate of drug-likeness (QED) is 0.739. The third kappa shape index (κ3) is 4.44. The van der Waals surface area contributed by atoms with Gasteiger partial charge < -0.3 is 0 Å². The van der Waals surface area contributed by atoms with E-state index in [1.165, 1.54) is 12.1 Å². The molecule has 0 aliphatic rings. The van der Waals surface area contributed by atoms with Crippen LogP contribution in [0.15, 0.2) is 29.2 Å². The molecule has 0 aliphatic heterocycles. The second-order valence-electron chi connectivity index (χ2n) is 4.14. The first-order valence-corrected chi connectivity index (χ1v) is 6.88. The maximum atomic E-state index is 12.2. The fourth-order valence-corrected chi connectivity index (χ4v) is 2.13. The summed E-state index contributed by atoms with van der Waals surface area (Å²) in [6.45, 7) is 3.14. The van der Waals surface area contributed by atoms with Crippen molar-refractivity contribution in [1.29, 1.82) is 0 Å². The standard InChI is InChI=1S/C12H17FO3S/c1-10-3-5-12(6-4-10)17(14,15)16-8-7-11(2)9-13/h3-6,11H,7-9H2,1-2H3. The molecule has 3 nitrogen and oxygen atoms in total. The lowest BCUT2D eigenvalue weighted by Gasteiger charge is -2.08. The van der Waals surface area contributed by atoms with Crippen LogP contribution in [0, 0.1) is 12.8 Å². The maximum absolute atomic E-state index is 12.2. The molecule has 1 atom stereocenters. The monoisotopic (exact) mass is 260 g/mol. The second kappa shape index (κ2) is 6.12. The molecule has 17 heavy (non-hydrogen) atoms. The highest BCUT2D eigenvalue weighted by atomic mass is 32.2. The molecule has 0 fully saturated rings. The summed E-state index contributed by atoms with van der Waals surface area (Å²) in [6.07, 6.45) is 0.390. The van der Waals surface area contributed by atoms with Crippen LogP contribution in [-0.4, -0.2) is 21.7 Å². The van der Waals surface area contributed by atoms with E-state index in [1.54, 1.807) is 19.1 Å². The zero-order valence-corrected chi connectivity index (χ0v) is 10.8. The fourth-order valence-electron chi connectivity index (χ4n) is 1.21. The van der Waals surface area contributed by atoms with E-state index in [2.05, 4.69) is 0 Å². The number of halogens is 1. The molecule has 0 heterocycles. The largest absolute Gasteiger partial charge is 0.296 e. The zero-order chi connectivity index (χ0) is 12.9. The summed E-state index contributed by atoms with van der Waals surface area (Å²) in [4.78, 5) is 0.135. The Hall–Kier alpha value is -0.940. The molecular formula is C12H17FO3S. The third-order valence-corrected chi connectivity index (χ3v) is 3.75. The normalized spacial score (nSPS) is 13.6. The molecule has 0 spiro atoms. The minimum absolute atomic E-state index is 0.0152. The van der Waals surface area contributed by atoms with Crippen molar-refractivity contribution in [3.63, 3.8) is 0 Å². The lowest BCUT2D eigenvalue weighted by atomic mass is 10.1. The smallest absolute Gasteiger partial charge is 0.266 e. The predicted octanol–water partition coefficient (Wildman–Crippen LogP) is 2.70. The molecule has 5 heteroatoms. The van der Waals surface area contributed by atoms with Crippen LogP contribution in [0.25, 0.3) is 0 Å². The van der Waals surface area contributed by atoms with Gasteiger partial charge in [0.25, 0.3) is 10.1 Å². The van der Waals surface area contributed by atoms with Gasteiger partial charge in [-0.2, -0.15) is 8.42 Å². The summed E-state index contributed by atoms with van der Waals surface area (Å²) >= 11 is 0. The van der Waals surface area contributed by atoms with E-state index in [0.29, 0.717) is 6.42 Å². The van der Waals surface area contributed by atoms with Crippen LogP contribution < -0.4 is 0 Å². The van der Waals surface area contributed by atoms with Gasteiger partial charge in [0.15, 0.2) is 0 Å². The Balaban J connectivity index is 2.60. The first-order valence-electron chi connectivity index (χ1n) is 5.48. The van der Waals surface area contributed by atoms with Gasteiger partial charge in [-0.3, -0.25) is 8.57 Å². The van der Waals surface area contributed by atoms with Gasteiger partial charge in [-0.15, -0.1) is 0 Å². The van der Waals surface area contributed by atoms with Gasteiger partial charge in [-0.1, -0.05) is 24.6 Å². The molecule has 1 aromatic rings. The van der Waals surface area contributed by atoms with Gasteiger partial charge in [0.2, 0.25) is 0 Å². The van der Waals surface area contributed by atoms with Gasteiger partial charge in [-0.25, -0.2) is 0 Å². The first kappa shape index (κ1) is 14.1. The molecule has 0 saturated heterocycles. The van der Waals surface area contributed by atoms with Crippen LogP contribution in [0.1, 0.15) is 18.9 Å². The molecular weight excluding hydrogens is 243 g/mol. The van der Waals surface area contributed by atoms with Gasteiger partial charge >= 0.3 is 0 Å². The summed E-state index contributed by atoms with van der Waals surface area (Å²) in [6, 6.07) is 6.42. The molecule has 0 N–H and O–H groups in total. The molecule has 1 rings (SSSR count). The Morgan fingerprint density at radius 2 is 1.88 bits per heavy atom. The highest BCUT2D eigenvalue weighted by Crippen LogP contribution is 2.14. The Kier molecular flexibility index (Phi) is 5.08. The first-order chi connectivity index (χ1) is 7.95. The number of benzene rings is 1. The van der Waals surface area contributed by atoms with Crippen molar-refractivity contribution in [2.45, 2.75) is 25.2 Å². The fraction of sp³-hybridized carbons (Fsp3) is 0.500. The van der Waals surface area contributed by atoms with Gasteiger partial charge in [0.1, 0.15) is 0 Å². The average Bonchev–Trinajstić information content (AvgIpc) is 2.29. The summed E-state index contributed by atoms with van der Waals surface area (Å²) in [5.74, 6) is -0.178. The van der Waals surface area contributed by atoms with Gasteiger partial charge in [-0.05, 0) is 31.4 Å². The maximum Gasteiger partial charge on any atom is 0.296 e. The van der Waals surface area contributed by atoms with Crippen molar-refractivity contribution in [2.24, 2.45) is 5.92 Å². The minimum atomic E-state index is -3.70. The predicted molar refractivity (Wildman–Crippen MR) is 64.1 cm³/mol. The second-order valence-corrected chi connectivity index (χ2v) is 5.75. The summed E-state index contributed by atoms with van der Waals surface area (Å²) < 4.78 is 40.4. The Bertz CT molecular complexity index is 439. The lowest BCUT2D eigenvalue weighted by Crippen LogP contribution is -2.10. The van der Waals surface area contributed by atoms with Gasteiger partial charge in [0.05, 0.1) is 18.2 Å². The topological polar surface area (TPSA) is 43.4 Å². The number of rotatable bonds is 6. The summed E-state index contributed by atoms with van der Waals surface area (Å²) in [5, 5.41) is 0. The SMILES string of the molecule is Cc1ccc(S(=O)(=O)OCCC(C)CF)cc1. The molecule has 0 amide bonds. The Morgan fingerprint density at radius 1 is 1.29 bits per heavy atom. The Labute approximate surface area is 102 Å². The summed E-state index contributed by atoms with van der Waals surface area (Å²) in [5.41, 5.74) is 0.981. The number of hydrogen-bond donors (Lipinski definition) is 0. The molecule has 0 aliphatic carbocycles. The molecule has 0 aromatic heterocycles. The van der Waals surface area contributed by atoms with E-state index in [9.17, 15) is 12.8 Å². The van der Waals surface area contributed by atoms with E-state index in [-0.39, 0.29) is 17.4 Å². The molecule has 0 saturated carbocycles. The molecule has 1 aromatic carbocycles. The van der Waals surface area contributed by atoms with Crippen LogP contribution in [0.5, 0.6) is 0 Å². The average molecular weight is 260 g/mol. The van der Waals surface area contributed by atoms with Crippen LogP contribution in [0.4, 0.5) is 4.39 Å². The van der Waals surface area contributed by atoms with Gasteiger partial charge in [0, 0.05) is 0 Å². The van der Waals surface area contributed by atoms with E-state index in [1.807, 2.05) is 6.92 Å². The van der Waals surface area contributed by atoms with E-state index >= 15 is 0 Å². The third-order valence-electron chi connectivity index (χ3n) is 2.42. The number of aryl methyl sites for hydroxylation is 1. The Morgan fingerprint density at radius 3 is 2.41 bits per heavy atom. The van der Waals surface area contributed by atoms with Crippen molar-refractivity contribution in [3.05, 3.63) is 29.8 Å². The van der Waals surface area contributed by atoms with E-state index in [0.717, 1.165) is 5.56 Å². The zero-order valence-electron chi connectivity index (χ0n) is 10.0. The van der Waals surface area contributed by atoms with E-state index in [4.69, 9.17) is 4.18 Å². The van der Waals surface area contributed by atoms with Crippen LogP contribution in [0.3, 0.4) is 0 Å². The van der Waals surface area contributed by atoms with Crippen LogP contribution in [0.2, 0.25) is 0 Å². The van der Waals surface area contributed by atoms with Crippen molar-refractivity contribution >= 4 is 10.1 Å². The molecule has 0 radical (unpaired) electrons. The lowest BCUT2D eigenvalue weighted by molar-refractivity contribution is 0.265. The summed E-state index contributed by atoms with van der Waals surface area (Å²) in [7, 11) is -3.70. The van der Waals surface area contributed by atoms with Crippen LogP contribution >= 0.6 is 0 Å². The van der Waals surface area contributed by atoms with E-state index < -0.39 is 16.8 Å². The van der Waals surface area contributed by atoms with Crippen LogP contribution in [-0.2, 0) is 14.3 Å².